The molecule has 0 aromatic rings. The topological polar surface area (TPSA) is 43.7 Å². The Labute approximate surface area is 151 Å². The molecule has 0 saturated heterocycles. The van der Waals surface area contributed by atoms with Crippen molar-refractivity contribution in [1.29, 1.82) is 0 Å². The lowest BCUT2D eigenvalue weighted by atomic mass is 10.0. The van der Waals surface area contributed by atoms with Gasteiger partial charge in [0.1, 0.15) is 0 Å². The summed E-state index contributed by atoms with van der Waals surface area (Å²) < 4.78 is 0. The van der Waals surface area contributed by atoms with Gasteiger partial charge < -0.3 is 10.2 Å². The van der Waals surface area contributed by atoms with Gasteiger partial charge in [0.2, 0.25) is 0 Å². The van der Waals surface area contributed by atoms with Gasteiger partial charge in [-0.25, -0.2) is 0 Å². The zero-order valence-corrected chi connectivity index (χ0v) is 16.6. The van der Waals surface area contributed by atoms with Gasteiger partial charge in [0, 0.05) is 12.6 Å². The Balaban J connectivity index is 3.70. The van der Waals surface area contributed by atoms with Gasteiger partial charge in [-0.05, 0) is 19.4 Å². The van der Waals surface area contributed by atoms with E-state index in [1.807, 2.05) is 0 Å². The van der Waals surface area contributed by atoms with Crippen molar-refractivity contribution in [2.24, 2.45) is 0 Å². The van der Waals surface area contributed by atoms with Gasteiger partial charge in [-0.2, -0.15) is 0 Å². The van der Waals surface area contributed by atoms with Crippen LogP contribution in [0.3, 0.4) is 0 Å². The number of hydrogen-bond acceptors (Lipinski definition) is 3. The summed E-state index contributed by atoms with van der Waals surface area (Å²) in [5.41, 5.74) is 0. The molecule has 3 nitrogen and oxygen atoms in total. The molecule has 0 aromatic heterocycles. The van der Waals surface area contributed by atoms with Crippen molar-refractivity contribution >= 4 is 0 Å². The van der Waals surface area contributed by atoms with Gasteiger partial charge in [0.05, 0.1) is 13.2 Å². The Morgan fingerprint density at radius 2 is 1.12 bits per heavy atom. The number of aliphatic hydroxyl groups excluding tert-OH is 2. The molecule has 3 heteroatoms. The highest BCUT2D eigenvalue weighted by Crippen LogP contribution is 2.14. The Morgan fingerprint density at radius 1 is 0.625 bits per heavy atom. The summed E-state index contributed by atoms with van der Waals surface area (Å²) in [6.07, 6.45) is 18.2. The van der Waals surface area contributed by atoms with E-state index < -0.39 is 0 Å². The molecule has 146 valence electrons. The van der Waals surface area contributed by atoms with Crippen LogP contribution in [0.1, 0.15) is 104 Å². The lowest BCUT2D eigenvalue weighted by Gasteiger charge is -2.30. The van der Waals surface area contributed by atoms with Crippen molar-refractivity contribution in [3.63, 3.8) is 0 Å². The third-order valence-electron chi connectivity index (χ3n) is 5.05. The summed E-state index contributed by atoms with van der Waals surface area (Å²) in [5, 5.41) is 19.0. The third kappa shape index (κ3) is 14.2. The van der Waals surface area contributed by atoms with E-state index in [0.717, 1.165) is 13.0 Å². The van der Waals surface area contributed by atoms with Gasteiger partial charge in [0.25, 0.3) is 0 Å². The van der Waals surface area contributed by atoms with Crippen LogP contribution in [-0.2, 0) is 0 Å². The van der Waals surface area contributed by atoms with Gasteiger partial charge in [0.15, 0.2) is 0 Å². The van der Waals surface area contributed by atoms with Crippen molar-refractivity contribution in [2.75, 3.05) is 26.3 Å². The van der Waals surface area contributed by atoms with Crippen LogP contribution in [-0.4, -0.2) is 47.5 Å². The predicted molar refractivity (Wildman–Crippen MR) is 106 cm³/mol. The van der Waals surface area contributed by atoms with Crippen molar-refractivity contribution in [3.8, 4) is 0 Å². The van der Waals surface area contributed by atoms with Crippen LogP contribution in [0.15, 0.2) is 0 Å². The minimum absolute atomic E-state index is 0.195. The first-order chi connectivity index (χ1) is 11.8. The molecule has 0 spiro atoms. The molecule has 0 bridgehead atoms. The van der Waals surface area contributed by atoms with E-state index in [0.29, 0.717) is 6.54 Å². The quantitative estimate of drug-likeness (QED) is 0.319. The maximum absolute atomic E-state index is 9.70. The fraction of sp³-hybridized carbons (Fsp3) is 1.00. The molecule has 0 fully saturated rings. The Bertz CT molecular complexity index is 236. The molecule has 2 N–H and O–H groups in total. The third-order valence-corrected chi connectivity index (χ3v) is 5.05. The number of unbranched alkanes of at least 4 members (excludes halogenated alkanes) is 11. The van der Waals surface area contributed by atoms with Crippen LogP contribution < -0.4 is 0 Å². The highest BCUT2D eigenvalue weighted by molar-refractivity contribution is 4.71. The molecule has 24 heavy (non-hydrogen) atoms. The molecule has 0 radical (unpaired) electrons. The van der Waals surface area contributed by atoms with Crippen molar-refractivity contribution in [3.05, 3.63) is 0 Å². The van der Waals surface area contributed by atoms with Crippen molar-refractivity contribution in [1.82, 2.24) is 4.90 Å². The van der Waals surface area contributed by atoms with Crippen LogP contribution in [0.4, 0.5) is 0 Å². The van der Waals surface area contributed by atoms with E-state index in [1.54, 1.807) is 0 Å². The van der Waals surface area contributed by atoms with Crippen molar-refractivity contribution in [2.45, 2.75) is 110 Å². The summed E-state index contributed by atoms with van der Waals surface area (Å²) >= 11 is 0. The van der Waals surface area contributed by atoms with E-state index in [1.165, 1.54) is 83.5 Å². The fourth-order valence-corrected chi connectivity index (χ4v) is 3.43. The minimum atomic E-state index is 0.195. The molecule has 0 aliphatic heterocycles. The lowest BCUT2D eigenvalue weighted by molar-refractivity contribution is 0.0927. The van der Waals surface area contributed by atoms with Crippen LogP contribution in [0.25, 0.3) is 0 Å². The van der Waals surface area contributed by atoms with Crippen LogP contribution >= 0.6 is 0 Å². The Kier molecular flexibility index (Phi) is 19.1. The van der Waals surface area contributed by atoms with Gasteiger partial charge >= 0.3 is 0 Å². The van der Waals surface area contributed by atoms with Crippen LogP contribution in [0.5, 0.6) is 0 Å². The normalized spacial score (nSPS) is 12.9. The number of rotatable bonds is 19. The highest BCUT2D eigenvalue weighted by atomic mass is 16.3. The zero-order valence-electron chi connectivity index (χ0n) is 16.6. The summed E-state index contributed by atoms with van der Waals surface area (Å²) in [7, 11) is 0. The van der Waals surface area contributed by atoms with Crippen LogP contribution in [0.2, 0.25) is 0 Å². The van der Waals surface area contributed by atoms with Gasteiger partial charge in [-0.3, -0.25) is 4.90 Å². The van der Waals surface area contributed by atoms with Gasteiger partial charge in [-0.1, -0.05) is 90.9 Å². The SMILES string of the molecule is CCCCCCCCCCCCC(CO)N(CCO)CCCCC. The molecule has 0 rings (SSSR count). The second-order valence-corrected chi connectivity index (χ2v) is 7.27. The molecule has 1 atom stereocenters. The summed E-state index contributed by atoms with van der Waals surface area (Å²) in [6, 6.07) is 0.239. The second-order valence-electron chi connectivity index (χ2n) is 7.27. The number of nitrogens with zero attached hydrogens (tertiary/aromatic N) is 1. The average molecular weight is 344 g/mol. The number of aliphatic hydroxyl groups is 2. The second kappa shape index (κ2) is 19.2. The van der Waals surface area contributed by atoms with E-state index in [4.69, 9.17) is 0 Å². The summed E-state index contributed by atoms with van der Waals surface area (Å²) in [6.45, 7) is 6.61. The van der Waals surface area contributed by atoms with Crippen molar-refractivity contribution < 1.29 is 10.2 Å². The van der Waals surface area contributed by atoms with Gasteiger partial charge in [-0.15, -0.1) is 0 Å². The average Bonchev–Trinajstić information content (AvgIpc) is 2.59. The lowest BCUT2D eigenvalue weighted by Crippen LogP contribution is -2.40. The molecule has 0 aliphatic rings. The first-order valence-electron chi connectivity index (χ1n) is 10.8. The molecule has 0 aromatic carbocycles. The van der Waals surface area contributed by atoms with E-state index >= 15 is 0 Å². The zero-order chi connectivity index (χ0) is 17.9. The maximum atomic E-state index is 9.70. The summed E-state index contributed by atoms with van der Waals surface area (Å²) in [5.74, 6) is 0. The Hall–Kier alpha value is -0.120. The summed E-state index contributed by atoms with van der Waals surface area (Å²) in [4.78, 5) is 2.30. The smallest absolute Gasteiger partial charge is 0.0586 e. The van der Waals surface area contributed by atoms with E-state index in [9.17, 15) is 10.2 Å². The Morgan fingerprint density at radius 3 is 1.62 bits per heavy atom. The standard InChI is InChI=1S/C21H45NO2/c1-3-5-7-8-9-10-11-12-13-14-16-21(20-24)22(18-19-23)17-15-6-4-2/h21,23-24H,3-20H2,1-2H3. The molecule has 1 unspecified atom stereocenters. The fourth-order valence-electron chi connectivity index (χ4n) is 3.43. The predicted octanol–water partition coefficient (Wildman–Crippen LogP) is 5.14. The first kappa shape index (κ1) is 23.9. The largest absolute Gasteiger partial charge is 0.395 e. The van der Waals surface area contributed by atoms with Crippen LogP contribution in [0, 0.1) is 0 Å². The molecule has 0 heterocycles. The molecular formula is C21H45NO2. The van der Waals surface area contributed by atoms with E-state index in [-0.39, 0.29) is 19.3 Å². The number of hydrogen-bond donors (Lipinski definition) is 2. The minimum Gasteiger partial charge on any atom is -0.395 e. The molecular weight excluding hydrogens is 298 g/mol. The maximum Gasteiger partial charge on any atom is 0.0586 e. The first-order valence-corrected chi connectivity index (χ1v) is 10.8. The monoisotopic (exact) mass is 343 g/mol. The molecule has 0 aliphatic carbocycles. The highest BCUT2D eigenvalue weighted by Gasteiger charge is 2.16. The molecule has 0 amide bonds. The molecule has 0 saturated carbocycles. The van der Waals surface area contributed by atoms with E-state index in [2.05, 4.69) is 18.7 Å².